The third kappa shape index (κ3) is 3.22. The van der Waals surface area contributed by atoms with E-state index < -0.39 is 28.4 Å². The van der Waals surface area contributed by atoms with Crippen molar-refractivity contribution in [3.05, 3.63) is 52.2 Å². The van der Waals surface area contributed by atoms with Gasteiger partial charge in [-0.15, -0.1) is 0 Å². The number of aryl methyl sites for hydroxylation is 1. The monoisotopic (exact) mass is 329 g/mol. The second kappa shape index (κ2) is 5.96. The lowest BCUT2D eigenvalue weighted by molar-refractivity contribution is -0.138. The Labute approximate surface area is 129 Å². The van der Waals surface area contributed by atoms with Gasteiger partial charge in [-0.3, -0.25) is 0 Å². The van der Waals surface area contributed by atoms with Gasteiger partial charge in [0.1, 0.15) is 10.7 Å². The Morgan fingerprint density at radius 2 is 1.82 bits per heavy atom. The number of methoxy groups -OCH3 is 1. The van der Waals surface area contributed by atoms with Crippen molar-refractivity contribution in [2.24, 2.45) is 0 Å². The van der Waals surface area contributed by atoms with Crippen molar-refractivity contribution in [3.8, 4) is 11.3 Å². The van der Waals surface area contributed by atoms with E-state index in [0.717, 1.165) is 18.7 Å². The van der Waals surface area contributed by atoms with E-state index in [1.807, 2.05) is 6.92 Å². The Morgan fingerprint density at radius 3 is 2.32 bits per heavy atom. The van der Waals surface area contributed by atoms with Crippen LogP contribution in [0.25, 0.3) is 11.3 Å². The smallest absolute Gasteiger partial charge is 0.417 e. The molecular formula is C15H11ClF3NO2. The fraction of sp³-hybridized carbons (Fsp3) is 0.200. The molecule has 1 aromatic heterocycles. The van der Waals surface area contributed by atoms with Crippen LogP contribution in [0.1, 0.15) is 21.5 Å². The summed E-state index contributed by atoms with van der Waals surface area (Å²) in [6.07, 6.45) is -4.75. The zero-order chi connectivity index (χ0) is 16.5. The largest absolute Gasteiger partial charge is 0.465 e. The van der Waals surface area contributed by atoms with Gasteiger partial charge in [-0.25, -0.2) is 9.78 Å². The Kier molecular flexibility index (Phi) is 4.42. The van der Waals surface area contributed by atoms with Gasteiger partial charge in [0, 0.05) is 5.56 Å². The maximum Gasteiger partial charge on any atom is 0.417 e. The zero-order valence-electron chi connectivity index (χ0n) is 11.7. The second-order valence-corrected chi connectivity index (χ2v) is 4.93. The average Bonchev–Trinajstić information content (AvgIpc) is 2.45. The minimum atomic E-state index is -4.75. The van der Waals surface area contributed by atoms with Gasteiger partial charge >= 0.3 is 12.1 Å². The minimum Gasteiger partial charge on any atom is -0.465 e. The van der Waals surface area contributed by atoms with E-state index in [2.05, 4.69) is 9.72 Å². The maximum absolute atomic E-state index is 13.2. The fourth-order valence-corrected chi connectivity index (χ4v) is 2.18. The lowest BCUT2D eigenvalue weighted by Gasteiger charge is -2.14. The standard InChI is InChI=1S/C15H11ClF3NO2/c1-8-3-5-9(6-4-8)11-7-10(15(17,18)19)12(13(16)20-11)14(21)22-2/h3-7H,1-2H3. The number of halogens is 4. The molecule has 0 aliphatic carbocycles. The predicted molar refractivity (Wildman–Crippen MR) is 75.8 cm³/mol. The molecule has 0 radical (unpaired) electrons. The van der Waals surface area contributed by atoms with Gasteiger partial charge in [-0.05, 0) is 13.0 Å². The normalized spacial score (nSPS) is 11.4. The molecule has 0 aliphatic heterocycles. The fourth-order valence-electron chi connectivity index (χ4n) is 1.91. The Hall–Kier alpha value is -2.08. The molecular weight excluding hydrogens is 319 g/mol. The van der Waals surface area contributed by atoms with E-state index in [4.69, 9.17) is 11.6 Å². The number of alkyl halides is 3. The van der Waals surface area contributed by atoms with Crippen LogP contribution in [-0.2, 0) is 10.9 Å². The van der Waals surface area contributed by atoms with Crippen molar-refractivity contribution >= 4 is 17.6 Å². The van der Waals surface area contributed by atoms with E-state index in [-0.39, 0.29) is 5.69 Å². The highest BCUT2D eigenvalue weighted by molar-refractivity contribution is 6.32. The number of hydrogen-bond donors (Lipinski definition) is 0. The number of benzene rings is 1. The molecule has 0 bridgehead atoms. The minimum absolute atomic E-state index is 0.0324. The topological polar surface area (TPSA) is 39.2 Å². The van der Waals surface area contributed by atoms with Gasteiger partial charge in [-0.2, -0.15) is 13.2 Å². The van der Waals surface area contributed by atoms with Crippen molar-refractivity contribution < 1.29 is 22.7 Å². The van der Waals surface area contributed by atoms with Gasteiger partial charge in [0.2, 0.25) is 0 Å². The van der Waals surface area contributed by atoms with Gasteiger partial charge in [-0.1, -0.05) is 41.4 Å². The first kappa shape index (κ1) is 16.3. The molecule has 1 heterocycles. The number of ether oxygens (including phenoxy) is 1. The summed E-state index contributed by atoms with van der Waals surface area (Å²) in [6, 6.07) is 7.54. The molecule has 0 fully saturated rings. The summed E-state index contributed by atoms with van der Waals surface area (Å²) in [4.78, 5) is 15.4. The third-order valence-electron chi connectivity index (χ3n) is 3.02. The first-order valence-electron chi connectivity index (χ1n) is 6.17. The van der Waals surface area contributed by atoms with Crippen LogP contribution in [0.15, 0.2) is 30.3 Å². The van der Waals surface area contributed by atoms with E-state index in [0.29, 0.717) is 5.56 Å². The van der Waals surface area contributed by atoms with E-state index in [1.165, 1.54) is 0 Å². The van der Waals surface area contributed by atoms with Crippen LogP contribution in [-0.4, -0.2) is 18.1 Å². The van der Waals surface area contributed by atoms with Gasteiger partial charge in [0.25, 0.3) is 0 Å². The van der Waals surface area contributed by atoms with Crippen LogP contribution in [0.5, 0.6) is 0 Å². The number of carbonyl (C=O) groups excluding carboxylic acids is 1. The highest BCUT2D eigenvalue weighted by atomic mass is 35.5. The molecule has 0 spiro atoms. The van der Waals surface area contributed by atoms with Crippen molar-refractivity contribution in [2.75, 3.05) is 7.11 Å². The second-order valence-electron chi connectivity index (χ2n) is 4.58. The van der Waals surface area contributed by atoms with Crippen LogP contribution in [0.2, 0.25) is 5.15 Å². The molecule has 0 unspecified atom stereocenters. The highest BCUT2D eigenvalue weighted by Gasteiger charge is 2.38. The lowest BCUT2D eigenvalue weighted by atomic mass is 10.0. The van der Waals surface area contributed by atoms with Crippen molar-refractivity contribution in [1.82, 2.24) is 4.98 Å². The van der Waals surface area contributed by atoms with E-state index >= 15 is 0 Å². The molecule has 116 valence electrons. The summed E-state index contributed by atoms with van der Waals surface area (Å²) in [6.45, 7) is 1.85. The van der Waals surface area contributed by atoms with Crippen molar-refractivity contribution in [3.63, 3.8) is 0 Å². The van der Waals surface area contributed by atoms with Crippen LogP contribution < -0.4 is 0 Å². The van der Waals surface area contributed by atoms with Crippen molar-refractivity contribution in [1.29, 1.82) is 0 Å². The molecule has 7 heteroatoms. The molecule has 3 nitrogen and oxygen atoms in total. The number of nitrogens with zero attached hydrogens (tertiary/aromatic N) is 1. The molecule has 0 amide bonds. The molecule has 0 N–H and O–H groups in total. The van der Waals surface area contributed by atoms with Crippen LogP contribution >= 0.6 is 11.6 Å². The molecule has 0 saturated heterocycles. The molecule has 0 saturated carbocycles. The molecule has 0 aliphatic rings. The molecule has 2 aromatic rings. The van der Waals surface area contributed by atoms with Gasteiger partial charge in [0.05, 0.1) is 18.4 Å². The Bertz CT molecular complexity index is 712. The SMILES string of the molecule is COC(=O)c1c(C(F)(F)F)cc(-c2ccc(C)cc2)nc1Cl. The number of hydrogen-bond acceptors (Lipinski definition) is 3. The molecule has 1 aromatic carbocycles. The quantitative estimate of drug-likeness (QED) is 0.601. The molecule has 22 heavy (non-hydrogen) atoms. The summed E-state index contributed by atoms with van der Waals surface area (Å²) < 4.78 is 43.9. The van der Waals surface area contributed by atoms with Crippen LogP contribution in [0.4, 0.5) is 13.2 Å². The Morgan fingerprint density at radius 1 is 1.23 bits per heavy atom. The Balaban J connectivity index is 2.68. The van der Waals surface area contributed by atoms with Crippen molar-refractivity contribution in [2.45, 2.75) is 13.1 Å². The van der Waals surface area contributed by atoms with E-state index in [9.17, 15) is 18.0 Å². The lowest BCUT2D eigenvalue weighted by Crippen LogP contribution is -2.16. The summed E-state index contributed by atoms with van der Waals surface area (Å²) in [5.74, 6) is -1.18. The first-order chi connectivity index (χ1) is 10.2. The maximum atomic E-state index is 13.2. The number of aromatic nitrogens is 1. The highest BCUT2D eigenvalue weighted by Crippen LogP contribution is 2.37. The predicted octanol–water partition coefficient (Wildman–Crippen LogP) is 4.52. The van der Waals surface area contributed by atoms with Crippen LogP contribution in [0, 0.1) is 6.92 Å². The summed E-state index contributed by atoms with van der Waals surface area (Å²) in [5.41, 5.74) is -0.501. The zero-order valence-corrected chi connectivity index (χ0v) is 12.4. The number of rotatable bonds is 2. The summed E-state index contributed by atoms with van der Waals surface area (Å²) >= 11 is 5.78. The van der Waals surface area contributed by atoms with Gasteiger partial charge < -0.3 is 4.74 Å². The van der Waals surface area contributed by atoms with Gasteiger partial charge in [0.15, 0.2) is 0 Å². The number of pyridine rings is 1. The number of esters is 1. The molecule has 2 rings (SSSR count). The third-order valence-corrected chi connectivity index (χ3v) is 3.29. The van der Waals surface area contributed by atoms with E-state index in [1.54, 1.807) is 24.3 Å². The summed E-state index contributed by atoms with van der Waals surface area (Å²) in [5, 5.41) is -0.544. The molecule has 0 atom stereocenters. The number of carbonyl (C=O) groups is 1. The summed E-state index contributed by atoms with van der Waals surface area (Å²) in [7, 11) is 0.979. The average molecular weight is 330 g/mol. The first-order valence-corrected chi connectivity index (χ1v) is 6.55. The van der Waals surface area contributed by atoms with Crippen LogP contribution in [0.3, 0.4) is 0 Å².